The topological polar surface area (TPSA) is 54.5 Å². The molecular formula is C23H31N3O2S. The molecule has 5 nitrogen and oxygen atoms in total. The number of ether oxygens (including phenoxy) is 1. The normalized spacial score (nSPS) is 21.2. The Kier molecular flexibility index (Phi) is 6.95. The Labute approximate surface area is 177 Å². The van der Waals surface area contributed by atoms with E-state index in [-0.39, 0.29) is 11.9 Å². The predicted octanol–water partition coefficient (Wildman–Crippen LogP) is 4.59. The molecule has 29 heavy (non-hydrogen) atoms. The van der Waals surface area contributed by atoms with Crippen molar-refractivity contribution in [2.75, 3.05) is 31.6 Å². The van der Waals surface area contributed by atoms with Gasteiger partial charge in [0.1, 0.15) is 0 Å². The van der Waals surface area contributed by atoms with Gasteiger partial charge in [-0.25, -0.2) is 4.98 Å². The summed E-state index contributed by atoms with van der Waals surface area (Å²) in [5.41, 5.74) is 2.11. The first-order valence-corrected chi connectivity index (χ1v) is 11.7. The van der Waals surface area contributed by atoms with Gasteiger partial charge in [0, 0.05) is 30.2 Å². The van der Waals surface area contributed by atoms with Crippen molar-refractivity contribution < 1.29 is 9.53 Å². The fourth-order valence-corrected chi connectivity index (χ4v) is 5.35. The van der Waals surface area contributed by atoms with E-state index in [1.807, 2.05) is 18.2 Å². The maximum absolute atomic E-state index is 13.2. The number of carbonyl (C=O) groups is 1. The molecule has 2 saturated heterocycles. The van der Waals surface area contributed by atoms with Crippen LogP contribution in [0.25, 0.3) is 11.3 Å². The lowest BCUT2D eigenvalue weighted by molar-refractivity contribution is -0.122. The number of rotatable bonds is 6. The number of amides is 1. The summed E-state index contributed by atoms with van der Waals surface area (Å²) in [6.45, 7) is 5.88. The van der Waals surface area contributed by atoms with Crippen LogP contribution in [0, 0.1) is 5.92 Å². The number of aryl methyl sites for hydroxylation is 1. The van der Waals surface area contributed by atoms with Gasteiger partial charge in [-0.05, 0) is 44.6 Å². The second kappa shape index (κ2) is 9.83. The molecule has 0 radical (unpaired) electrons. The lowest BCUT2D eigenvalue weighted by Crippen LogP contribution is -2.49. The number of thiazole rings is 1. The Bertz CT molecular complexity index is 802. The lowest BCUT2D eigenvalue weighted by Gasteiger charge is -2.37. The minimum Gasteiger partial charge on any atom is -0.381 e. The van der Waals surface area contributed by atoms with Crippen LogP contribution in [0.15, 0.2) is 30.3 Å². The first-order valence-electron chi connectivity index (χ1n) is 10.9. The van der Waals surface area contributed by atoms with Crippen molar-refractivity contribution in [3.8, 4) is 11.3 Å². The van der Waals surface area contributed by atoms with E-state index < -0.39 is 0 Å². The molecule has 2 aromatic rings. The summed E-state index contributed by atoms with van der Waals surface area (Å²) in [5, 5.41) is 3.87. The summed E-state index contributed by atoms with van der Waals surface area (Å²) in [5.74, 6) is 0.751. The Morgan fingerprint density at radius 3 is 2.76 bits per heavy atom. The number of carbonyl (C=O) groups excluding carboxylic acids is 1. The van der Waals surface area contributed by atoms with Crippen molar-refractivity contribution in [1.29, 1.82) is 0 Å². The molecule has 156 valence electrons. The third kappa shape index (κ3) is 5.05. The van der Waals surface area contributed by atoms with Gasteiger partial charge in [-0.15, -0.1) is 11.3 Å². The van der Waals surface area contributed by atoms with E-state index in [1.54, 1.807) is 11.3 Å². The molecule has 1 atom stereocenters. The number of nitrogens with zero attached hydrogens (tertiary/aromatic N) is 2. The highest BCUT2D eigenvalue weighted by atomic mass is 32.1. The number of hydrogen-bond acceptors (Lipinski definition) is 5. The predicted molar refractivity (Wildman–Crippen MR) is 118 cm³/mol. The average molecular weight is 414 g/mol. The molecule has 1 aromatic carbocycles. The first kappa shape index (κ1) is 20.5. The summed E-state index contributed by atoms with van der Waals surface area (Å²) < 4.78 is 5.50. The highest BCUT2D eigenvalue weighted by Crippen LogP contribution is 2.32. The monoisotopic (exact) mass is 413 g/mol. The van der Waals surface area contributed by atoms with E-state index >= 15 is 0 Å². The summed E-state index contributed by atoms with van der Waals surface area (Å²) >= 11 is 1.61. The number of aromatic nitrogens is 1. The van der Waals surface area contributed by atoms with Crippen molar-refractivity contribution in [1.82, 2.24) is 9.88 Å². The second-order valence-corrected chi connectivity index (χ2v) is 9.15. The molecule has 2 aliphatic rings. The van der Waals surface area contributed by atoms with Crippen LogP contribution < -0.4 is 5.32 Å². The number of nitrogens with one attached hydrogen (secondary N) is 1. The number of benzene rings is 1. The maximum atomic E-state index is 13.2. The van der Waals surface area contributed by atoms with Crippen molar-refractivity contribution >= 4 is 22.4 Å². The van der Waals surface area contributed by atoms with E-state index in [0.29, 0.717) is 5.92 Å². The van der Waals surface area contributed by atoms with Crippen LogP contribution in [0.2, 0.25) is 0 Å². The van der Waals surface area contributed by atoms with E-state index in [1.165, 1.54) is 11.3 Å². The minimum absolute atomic E-state index is 0.0410. The number of piperidine rings is 1. The Balaban J connectivity index is 1.45. The molecule has 4 rings (SSSR count). The molecule has 1 aromatic heterocycles. The van der Waals surface area contributed by atoms with Crippen LogP contribution in [0.4, 0.5) is 5.13 Å². The molecule has 6 heteroatoms. The van der Waals surface area contributed by atoms with Crippen molar-refractivity contribution in [3.05, 3.63) is 35.2 Å². The van der Waals surface area contributed by atoms with Gasteiger partial charge in [0.25, 0.3) is 0 Å². The number of anilines is 1. The van der Waals surface area contributed by atoms with Gasteiger partial charge in [-0.2, -0.15) is 0 Å². The summed E-state index contributed by atoms with van der Waals surface area (Å²) in [6, 6.07) is 10.2. The van der Waals surface area contributed by atoms with Gasteiger partial charge in [-0.3, -0.25) is 9.69 Å². The van der Waals surface area contributed by atoms with Crippen LogP contribution in [-0.2, 0) is 16.0 Å². The van der Waals surface area contributed by atoms with Gasteiger partial charge in [0.2, 0.25) is 5.91 Å². The van der Waals surface area contributed by atoms with Crippen LogP contribution >= 0.6 is 11.3 Å². The zero-order valence-corrected chi connectivity index (χ0v) is 18.0. The molecule has 3 heterocycles. The molecule has 0 spiro atoms. The molecule has 1 N–H and O–H groups in total. The third-order valence-corrected chi connectivity index (χ3v) is 7.16. The highest BCUT2D eigenvalue weighted by Gasteiger charge is 2.31. The largest absolute Gasteiger partial charge is 0.381 e. The quantitative estimate of drug-likeness (QED) is 0.752. The van der Waals surface area contributed by atoms with Crippen LogP contribution in [0.5, 0.6) is 0 Å². The summed E-state index contributed by atoms with van der Waals surface area (Å²) in [4.78, 5) is 21.6. The Morgan fingerprint density at radius 2 is 2.00 bits per heavy atom. The van der Waals surface area contributed by atoms with Gasteiger partial charge in [-0.1, -0.05) is 43.7 Å². The van der Waals surface area contributed by atoms with Crippen LogP contribution in [0.3, 0.4) is 0 Å². The first-order chi connectivity index (χ1) is 14.2. The zero-order valence-electron chi connectivity index (χ0n) is 17.2. The SMILES string of the molecule is CCc1sc(NC(=O)C2CCCCN2CC2CCOCC2)nc1-c1ccccc1. The number of likely N-dealkylation sites (tertiary alicyclic amines) is 1. The molecule has 2 aliphatic heterocycles. The van der Waals surface area contributed by atoms with Gasteiger partial charge < -0.3 is 10.1 Å². The van der Waals surface area contributed by atoms with Crippen molar-refractivity contribution in [3.63, 3.8) is 0 Å². The van der Waals surface area contributed by atoms with Crippen LogP contribution in [-0.4, -0.2) is 48.1 Å². The Hall–Kier alpha value is -1.76. The molecular weight excluding hydrogens is 382 g/mol. The molecule has 2 fully saturated rings. The van der Waals surface area contributed by atoms with Gasteiger partial charge >= 0.3 is 0 Å². The fourth-order valence-electron chi connectivity index (χ4n) is 4.42. The van der Waals surface area contributed by atoms with Crippen LogP contribution in [0.1, 0.15) is 43.9 Å². The second-order valence-electron chi connectivity index (χ2n) is 8.06. The maximum Gasteiger partial charge on any atom is 0.243 e. The van der Waals surface area contributed by atoms with Crippen molar-refractivity contribution in [2.45, 2.75) is 51.5 Å². The van der Waals surface area contributed by atoms with E-state index in [4.69, 9.17) is 9.72 Å². The Morgan fingerprint density at radius 1 is 1.21 bits per heavy atom. The smallest absolute Gasteiger partial charge is 0.243 e. The van der Waals surface area contributed by atoms with E-state index in [0.717, 1.165) is 74.8 Å². The molecule has 0 saturated carbocycles. The number of hydrogen-bond donors (Lipinski definition) is 1. The molecule has 0 aliphatic carbocycles. The third-order valence-electron chi connectivity index (χ3n) is 6.05. The summed E-state index contributed by atoms with van der Waals surface area (Å²) in [6.07, 6.45) is 6.37. The molecule has 1 amide bonds. The minimum atomic E-state index is -0.0410. The van der Waals surface area contributed by atoms with E-state index in [2.05, 4.69) is 29.3 Å². The van der Waals surface area contributed by atoms with Gasteiger partial charge in [0.15, 0.2) is 5.13 Å². The van der Waals surface area contributed by atoms with Crippen molar-refractivity contribution in [2.24, 2.45) is 5.92 Å². The fraction of sp³-hybridized carbons (Fsp3) is 0.565. The van der Waals surface area contributed by atoms with Gasteiger partial charge in [0.05, 0.1) is 11.7 Å². The standard InChI is InChI=1S/C23H31N3O2S/c1-2-20-21(18-8-4-3-5-9-18)24-23(29-20)25-22(27)19-10-6-7-13-26(19)16-17-11-14-28-15-12-17/h3-5,8-9,17,19H,2,6-7,10-16H2,1H3,(H,24,25,27). The molecule has 1 unspecified atom stereocenters. The average Bonchev–Trinajstić information content (AvgIpc) is 3.18. The zero-order chi connectivity index (χ0) is 20.1. The summed E-state index contributed by atoms with van der Waals surface area (Å²) in [7, 11) is 0. The lowest BCUT2D eigenvalue weighted by atomic mass is 9.95. The highest BCUT2D eigenvalue weighted by molar-refractivity contribution is 7.16. The molecule has 0 bridgehead atoms. The van der Waals surface area contributed by atoms with E-state index in [9.17, 15) is 4.79 Å².